The molecule has 6 aromatic rings. The molecule has 0 aliphatic rings. The number of aromatic nitrogens is 6. The van der Waals surface area contributed by atoms with E-state index in [1.807, 2.05) is 0 Å². The molecule has 2 N–H and O–H groups in total. The van der Waals surface area contributed by atoms with Gasteiger partial charge in [0.2, 0.25) is 0 Å². The summed E-state index contributed by atoms with van der Waals surface area (Å²) in [6.45, 7) is -2.73. The lowest BCUT2D eigenvalue weighted by Crippen LogP contribution is -2.19. The van der Waals surface area contributed by atoms with Crippen LogP contribution in [-0.2, 0) is 22.3 Å². The van der Waals surface area contributed by atoms with Crippen molar-refractivity contribution in [1.29, 1.82) is 0 Å². The smallest absolute Gasteiger partial charge is 0.422 e. The number of hydrogen-bond acceptors (Lipinski definition) is 12. The molecule has 0 aliphatic heterocycles. The third-order valence-corrected chi connectivity index (χ3v) is 9.27. The average Bonchev–Trinajstić information content (AvgIpc) is 3.78. The van der Waals surface area contributed by atoms with Gasteiger partial charge in [0.05, 0.1) is 90.8 Å². The molecule has 0 saturated carbocycles. The fourth-order valence-corrected chi connectivity index (χ4v) is 6.45. The molecule has 0 aliphatic carbocycles. The first-order chi connectivity index (χ1) is 26.2. The van der Waals surface area contributed by atoms with Gasteiger partial charge in [0, 0.05) is 30.0 Å². The minimum Gasteiger partial charge on any atom is -0.493 e. The Hall–Kier alpha value is -5.44. The number of hydrogen-bond donors (Lipinski definition) is 2. The highest BCUT2D eigenvalue weighted by Crippen LogP contribution is 2.31. The van der Waals surface area contributed by atoms with Crippen molar-refractivity contribution in [1.82, 2.24) is 29.9 Å². The van der Waals surface area contributed by atoms with Gasteiger partial charge in [-0.2, -0.15) is 26.3 Å². The van der Waals surface area contributed by atoms with Gasteiger partial charge in [0.1, 0.15) is 11.5 Å². The number of benzene rings is 2. The zero-order valence-corrected chi connectivity index (χ0v) is 31.0. The lowest BCUT2D eigenvalue weighted by atomic mass is 10.3. The van der Waals surface area contributed by atoms with Crippen LogP contribution in [0.1, 0.15) is 11.4 Å². The van der Waals surface area contributed by atoms with E-state index in [0.29, 0.717) is 61.7 Å². The largest absolute Gasteiger partial charge is 0.493 e. The van der Waals surface area contributed by atoms with Crippen molar-refractivity contribution in [3.63, 3.8) is 0 Å². The summed E-state index contributed by atoms with van der Waals surface area (Å²) in [5.74, 6) is 2.79. The monoisotopic (exact) mass is 814 g/mol. The maximum atomic E-state index is 12.6. The maximum Gasteiger partial charge on any atom is 0.422 e. The number of methoxy groups -OCH3 is 4. The van der Waals surface area contributed by atoms with E-state index in [-0.39, 0.29) is 22.4 Å². The SMILES string of the molecule is COc1cnc(CS(=O)c2nc3ccc(OCC(F)(F)F)cc3[nH]2)cc1OC.COc1cnc(CSc2nc3ccc(OCC(F)(F)F)cc3[nH]2)cc1OC. The molecule has 0 amide bonds. The van der Waals surface area contributed by atoms with Gasteiger partial charge in [0.15, 0.2) is 46.5 Å². The molecule has 0 radical (unpaired) electrons. The lowest BCUT2D eigenvalue weighted by Gasteiger charge is -2.08. The van der Waals surface area contributed by atoms with Crippen LogP contribution < -0.4 is 28.4 Å². The summed E-state index contributed by atoms with van der Waals surface area (Å²) in [6, 6.07) is 12.2. The topological polar surface area (TPSA) is 156 Å². The van der Waals surface area contributed by atoms with Crippen molar-refractivity contribution in [3.05, 3.63) is 72.3 Å². The molecule has 4 aromatic heterocycles. The van der Waals surface area contributed by atoms with Crippen LogP contribution in [0.4, 0.5) is 26.3 Å². The second-order valence-electron chi connectivity index (χ2n) is 11.1. The van der Waals surface area contributed by atoms with Crippen LogP contribution in [0, 0.1) is 0 Å². The van der Waals surface area contributed by atoms with E-state index < -0.39 is 36.4 Å². The Bertz CT molecular complexity index is 2250. The van der Waals surface area contributed by atoms with Gasteiger partial charge < -0.3 is 38.4 Å². The highest BCUT2D eigenvalue weighted by Gasteiger charge is 2.29. The second kappa shape index (κ2) is 17.8. The predicted molar refractivity (Wildman–Crippen MR) is 190 cm³/mol. The first kappa shape index (κ1) is 40.7. The molecule has 0 saturated heterocycles. The number of pyridine rings is 2. The van der Waals surface area contributed by atoms with Crippen LogP contribution in [0.25, 0.3) is 22.1 Å². The number of alkyl halides is 6. The number of fused-ring (bicyclic) bond motifs is 2. The Balaban J connectivity index is 0.000000211. The Morgan fingerprint density at radius 2 is 1.15 bits per heavy atom. The summed E-state index contributed by atoms with van der Waals surface area (Å²) in [7, 11) is 4.50. The molecule has 0 fully saturated rings. The van der Waals surface area contributed by atoms with E-state index in [4.69, 9.17) is 28.4 Å². The van der Waals surface area contributed by atoms with E-state index in [2.05, 4.69) is 29.9 Å². The highest BCUT2D eigenvalue weighted by atomic mass is 32.2. The van der Waals surface area contributed by atoms with Crippen molar-refractivity contribution < 1.29 is 59.0 Å². The molecule has 21 heteroatoms. The van der Waals surface area contributed by atoms with Gasteiger partial charge in [-0.1, -0.05) is 11.8 Å². The fraction of sp³-hybridized carbons (Fsp3) is 0.294. The third kappa shape index (κ3) is 11.5. The maximum absolute atomic E-state index is 12.6. The number of nitrogens with one attached hydrogen (secondary N) is 2. The number of thioether (sulfide) groups is 1. The van der Waals surface area contributed by atoms with Crippen molar-refractivity contribution in [2.45, 2.75) is 34.2 Å². The summed E-state index contributed by atoms with van der Waals surface area (Å²) in [4.78, 5) is 23.0. The van der Waals surface area contributed by atoms with E-state index >= 15 is 0 Å². The highest BCUT2D eigenvalue weighted by molar-refractivity contribution is 7.98. The zero-order valence-electron chi connectivity index (χ0n) is 29.3. The quantitative estimate of drug-likeness (QED) is 0.0830. The van der Waals surface area contributed by atoms with Crippen molar-refractivity contribution >= 4 is 44.6 Å². The fourth-order valence-electron chi connectivity index (χ4n) is 4.67. The molecule has 0 spiro atoms. The van der Waals surface area contributed by atoms with Crippen LogP contribution in [0.2, 0.25) is 0 Å². The van der Waals surface area contributed by atoms with E-state index in [1.54, 1.807) is 31.5 Å². The molecule has 4 heterocycles. The van der Waals surface area contributed by atoms with Crippen LogP contribution in [0.5, 0.6) is 34.5 Å². The van der Waals surface area contributed by atoms with E-state index in [9.17, 15) is 30.6 Å². The summed E-state index contributed by atoms with van der Waals surface area (Å²) in [5, 5.41) is 0.800. The molecule has 55 heavy (non-hydrogen) atoms. The van der Waals surface area contributed by atoms with Gasteiger partial charge in [0.25, 0.3) is 0 Å². The third-order valence-electron chi connectivity index (χ3n) is 7.18. The molecule has 294 valence electrons. The van der Waals surface area contributed by atoms with Crippen molar-refractivity contribution in [2.75, 3.05) is 41.7 Å². The molecule has 13 nitrogen and oxygen atoms in total. The zero-order chi connectivity index (χ0) is 39.8. The molecular formula is C34H32F6N6O7S2. The van der Waals surface area contributed by atoms with Crippen LogP contribution in [-0.4, -0.2) is 88.1 Å². The van der Waals surface area contributed by atoms with Gasteiger partial charge >= 0.3 is 12.4 Å². The molecule has 6 rings (SSSR count). The number of imidazole rings is 2. The number of H-pyrrole nitrogens is 2. The molecule has 2 aromatic carbocycles. The first-order valence-corrected chi connectivity index (χ1v) is 18.0. The normalized spacial score (nSPS) is 12.2. The lowest BCUT2D eigenvalue weighted by molar-refractivity contribution is -0.154. The van der Waals surface area contributed by atoms with Crippen molar-refractivity contribution in [3.8, 4) is 34.5 Å². The summed E-state index contributed by atoms with van der Waals surface area (Å²) < 4.78 is 116. The summed E-state index contributed by atoms with van der Waals surface area (Å²) in [6.07, 6.45) is -5.76. The standard InChI is InChI=1S/C17H16F3N3O4S.C17H16F3N3O3S/c1-25-14-5-10(21-7-15(14)26-2)8-28(24)16-22-12-4-3-11(6-13(12)23-16)27-9-17(18,19)20;1-24-14-5-10(21-7-15(14)25-2)8-27-16-22-12-4-3-11(6-13(12)23-16)26-9-17(18,19)20/h3-7H,8-9H2,1-2H3,(H,22,23);3-7H,8-9H2,1-2H3,(H,22,23). The Kier molecular flexibility index (Phi) is 13.2. The second-order valence-corrected chi connectivity index (χ2v) is 13.4. The average molecular weight is 815 g/mol. The number of ether oxygens (including phenoxy) is 6. The number of nitrogens with zero attached hydrogens (tertiary/aromatic N) is 4. The molecule has 0 bridgehead atoms. The number of rotatable bonds is 14. The molecular weight excluding hydrogens is 783 g/mol. The van der Waals surface area contributed by atoms with Gasteiger partial charge in [-0.25, -0.2) is 9.97 Å². The van der Waals surface area contributed by atoms with Gasteiger partial charge in [-0.05, 0) is 24.3 Å². The van der Waals surface area contributed by atoms with Crippen LogP contribution >= 0.6 is 11.8 Å². The number of aromatic amines is 2. The van der Waals surface area contributed by atoms with Gasteiger partial charge in [-0.3, -0.25) is 14.2 Å². The van der Waals surface area contributed by atoms with Crippen LogP contribution in [0.3, 0.4) is 0 Å². The first-order valence-electron chi connectivity index (χ1n) is 15.7. The number of halogens is 6. The predicted octanol–water partition coefficient (Wildman–Crippen LogP) is 7.43. The Morgan fingerprint density at radius 3 is 1.67 bits per heavy atom. The summed E-state index contributed by atoms with van der Waals surface area (Å²) in [5.41, 5.74) is 3.39. The minimum absolute atomic E-state index is 0.0346. The van der Waals surface area contributed by atoms with E-state index in [1.165, 1.54) is 69.6 Å². The van der Waals surface area contributed by atoms with Crippen LogP contribution in [0.15, 0.2) is 71.2 Å². The minimum atomic E-state index is -4.43. The Morgan fingerprint density at radius 1 is 0.655 bits per heavy atom. The Labute approximate surface area is 315 Å². The van der Waals surface area contributed by atoms with E-state index in [0.717, 1.165) is 5.69 Å². The van der Waals surface area contributed by atoms with Crippen molar-refractivity contribution in [2.24, 2.45) is 0 Å². The molecule has 1 unspecified atom stereocenters. The summed E-state index contributed by atoms with van der Waals surface area (Å²) >= 11 is 1.41. The molecule has 1 atom stereocenters. The van der Waals surface area contributed by atoms with Gasteiger partial charge in [-0.15, -0.1) is 0 Å².